The Balaban J connectivity index is 2.13. The number of hydrogen-bond acceptors (Lipinski definition) is 6. The van der Waals surface area contributed by atoms with Crippen molar-refractivity contribution in [2.45, 2.75) is 13.3 Å². The molecular formula is C16H20N4O3. The highest BCUT2D eigenvalue weighted by Gasteiger charge is 2.09. The van der Waals surface area contributed by atoms with E-state index in [-0.39, 0.29) is 11.6 Å². The zero-order chi connectivity index (χ0) is 16.7. The summed E-state index contributed by atoms with van der Waals surface area (Å²) in [5.41, 5.74) is 0.978. The van der Waals surface area contributed by atoms with Crippen molar-refractivity contribution < 1.29 is 14.3 Å². The van der Waals surface area contributed by atoms with Crippen LogP contribution in [0.15, 0.2) is 30.6 Å². The largest absolute Gasteiger partial charge is 0.497 e. The molecule has 0 atom stereocenters. The van der Waals surface area contributed by atoms with Gasteiger partial charge < -0.3 is 20.1 Å². The van der Waals surface area contributed by atoms with E-state index in [9.17, 15) is 4.79 Å². The molecule has 1 heterocycles. The first-order valence-electron chi connectivity index (χ1n) is 7.27. The predicted octanol–water partition coefficient (Wildman–Crippen LogP) is 2.38. The monoisotopic (exact) mass is 316 g/mol. The Morgan fingerprint density at radius 1 is 1.17 bits per heavy atom. The Kier molecular flexibility index (Phi) is 5.74. The molecule has 1 aromatic carbocycles. The summed E-state index contributed by atoms with van der Waals surface area (Å²) in [6, 6.07) is 5.39. The number of nitrogens with one attached hydrogen (secondary N) is 2. The molecule has 0 aliphatic carbocycles. The molecule has 0 spiro atoms. The molecule has 7 heteroatoms. The Bertz CT molecular complexity index is 659. The number of aromatic nitrogens is 2. The summed E-state index contributed by atoms with van der Waals surface area (Å²) in [7, 11) is 3.18. The lowest BCUT2D eigenvalue weighted by molar-refractivity contribution is 0.0948. The van der Waals surface area contributed by atoms with E-state index in [0.29, 0.717) is 29.5 Å². The number of amides is 1. The molecule has 1 aromatic heterocycles. The van der Waals surface area contributed by atoms with E-state index in [1.54, 1.807) is 32.4 Å². The zero-order valence-corrected chi connectivity index (χ0v) is 13.4. The van der Waals surface area contributed by atoms with Crippen molar-refractivity contribution in [3.8, 4) is 11.5 Å². The molecule has 0 aliphatic heterocycles. The summed E-state index contributed by atoms with van der Waals surface area (Å²) in [6.45, 7) is 2.60. The maximum Gasteiger partial charge on any atom is 0.271 e. The van der Waals surface area contributed by atoms with Crippen molar-refractivity contribution in [3.63, 3.8) is 0 Å². The van der Waals surface area contributed by atoms with Crippen LogP contribution in [0.2, 0.25) is 0 Å². The van der Waals surface area contributed by atoms with Gasteiger partial charge in [-0.15, -0.1) is 0 Å². The van der Waals surface area contributed by atoms with Gasteiger partial charge in [0.15, 0.2) is 0 Å². The summed E-state index contributed by atoms with van der Waals surface area (Å²) in [5, 5.41) is 5.85. The third-order valence-electron chi connectivity index (χ3n) is 3.09. The summed E-state index contributed by atoms with van der Waals surface area (Å²) < 4.78 is 10.5. The van der Waals surface area contributed by atoms with Crippen molar-refractivity contribution in [1.29, 1.82) is 0 Å². The molecule has 0 unspecified atom stereocenters. The van der Waals surface area contributed by atoms with Crippen molar-refractivity contribution in [2.75, 3.05) is 26.1 Å². The van der Waals surface area contributed by atoms with Crippen LogP contribution >= 0.6 is 0 Å². The number of ether oxygens (including phenoxy) is 2. The van der Waals surface area contributed by atoms with E-state index >= 15 is 0 Å². The van der Waals surface area contributed by atoms with Gasteiger partial charge in [-0.3, -0.25) is 4.79 Å². The number of anilines is 2. The Hall–Kier alpha value is -2.83. The lowest BCUT2D eigenvalue weighted by atomic mass is 10.2. The molecule has 0 radical (unpaired) electrons. The van der Waals surface area contributed by atoms with Gasteiger partial charge in [0.25, 0.3) is 5.91 Å². The second-order valence-electron chi connectivity index (χ2n) is 4.73. The molecule has 122 valence electrons. The molecule has 2 rings (SSSR count). The van der Waals surface area contributed by atoms with Gasteiger partial charge >= 0.3 is 0 Å². The number of benzene rings is 1. The summed E-state index contributed by atoms with van der Waals surface area (Å²) in [4.78, 5) is 20.1. The van der Waals surface area contributed by atoms with Gasteiger partial charge in [0.2, 0.25) is 0 Å². The van der Waals surface area contributed by atoms with Crippen LogP contribution in [-0.4, -0.2) is 36.6 Å². The zero-order valence-electron chi connectivity index (χ0n) is 13.4. The van der Waals surface area contributed by atoms with Crippen molar-refractivity contribution in [2.24, 2.45) is 0 Å². The topological polar surface area (TPSA) is 85.4 Å². The Morgan fingerprint density at radius 2 is 2.00 bits per heavy atom. The lowest BCUT2D eigenvalue weighted by Crippen LogP contribution is -2.25. The lowest BCUT2D eigenvalue weighted by Gasteiger charge is -2.12. The number of hydrogen-bond donors (Lipinski definition) is 2. The van der Waals surface area contributed by atoms with Gasteiger partial charge in [-0.1, -0.05) is 6.92 Å². The molecule has 1 amide bonds. The highest BCUT2D eigenvalue weighted by Crippen LogP contribution is 2.30. The SMILES string of the molecule is CCCNC(=O)c1cnc(Nc2cc(OC)ccc2OC)cn1. The van der Waals surface area contributed by atoms with Gasteiger partial charge in [-0.25, -0.2) is 9.97 Å². The number of methoxy groups -OCH3 is 2. The third-order valence-corrected chi connectivity index (χ3v) is 3.09. The van der Waals surface area contributed by atoms with Crippen LogP contribution < -0.4 is 20.1 Å². The first-order chi connectivity index (χ1) is 11.2. The first kappa shape index (κ1) is 16.5. The van der Waals surface area contributed by atoms with Crippen LogP contribution in [0.5, 0.6) is 11.5 Å². The average Bonchev–Trinajstić information content (AvgIpc) is 2.60. The molecular weight excluding hydrogens is 296 g/mol. The van der Waals surface area contributed by atoms with Crippen LogP contribution in [-0.2, 0) is 0 Å². The third kappa shape index (κ3) is 4.32. The van der Waals surface area contributed by atoms with Crippen molar-refractivity contribution >= 4 is 17.4 Å². The van der Waals surface area contributed by atoms with Crippen LogP contribution in [0.4, 0.5) is 11.5 Å². The number of rotatable bonds is 7. The highest BCUT2D eigenvalue weighted by atomic mass is 16.5. The average molecular weight is 316 g/mol. The van der Waals surface area contributed by atoms with Crippen LogP contribution in [0.25, 0.3) is 0 Å². The summed E-state index contributed by atoms with van der Waals surface area (Å²) in [5.74, 6) is 1.61. The summed E-state index contributed by atoms with van der Waals surface area (Å²) in [6.07, 6.45) is 3.80. The van der Waals surface area contributed by atoms with Crippen LogP contribution in [0.1, 0.15) is 23.8 Å². The first-order valence-corrected chi connectivity index (χ1v) is 7.27. The Labute approximate surface area is 135 Å². The second-order valence-corrected chi connectivity index (χ2v) is 4.73. The maximum absolute atomic E-state index is 11.8. The minimum absolute atomic E-state index is 0.232. The molecule has 0 bridgehead atoms. The standard InChI is InChI=1S/C16H20N4O3/c1-4-7-17-16(21)13-9-19-15(10-18-13)20-12-8-11(22-2)5-6-14(12)23-3/h5-6,8-10H,4,7H2,1-3H3,(H,17,21)(H,19,20). The second kappa shape index (κ2) is 7.98. The molecule has 0 aliphatic rings. The smallest absolute Gasteiger partial charge is 0.271 e. The van der Waals surface area contributed by atoms with E-state index in [1.165, 1.54) is 12.4 Å². The van der Waals surface area contributed by atoms with E-state index in [0.717, 1.165) is 6.42 Å². The van der Waals surface area contributed by atoms with E-state index in [2.05, 4.69) is 20.6 Å². The molecule has 23 heavy (non-hydrogen) atoms. The quantitative estimate of drug-likeness (QED) is 0.816. The molecule has 0 saturated heterocycles. The fourth-order valence-electron chi connectivity index (χ4n) is 1.89. The fourth-order valence-corrected chi connectivity index (χ4v) is 1.89. The molecule has 7 nitrogen and oxygen atoms in total. The van der Waals surface area contributed by atoms with Gasteiger partial charge in [0, 0.05) is 12.6 Å². The van der Waals surface area contributed by atoms with E-state index in [4.69, 9.17) is 9.47 Å². The molecule has 2 aromatic rings. The number of nitrogens with zero attached hydrogens (tertiary/aromatic N) is 2. The molecule has 2 N–H and O–H groups in total. The van der Waals surface area contributed by atoms with Gasteiger partial charge in [-0.2, -0.15) is 0 Å². The fraction of sp³-hybridized carbons (Fsp3) is 0.312. The van der Waals surface area contributed by atoms with Crippen molar-refractivity contribution in [3.05, 3.63) is 36.3 Å². The van der Waals surface area contributed by atoms with Gasteiger partial charge in [0.05, 0.1) is 32.3 Å². The van der Waals surface area contributed by atoms with Gasteiger partial charge in [0.1, 0.15) is 23.0 Å². The molecule has 0 saturated carbocycles. The van der Waals surface area contributed by atoms with Crippen LogP contribution in [0.3, 0.4) is 0 Å². The number of carbonyl (C=O) groups excluding carboxylic acids is 1. The number of carbonyl (C=O) groups is 1. The van der Waals surface area contributed by atoms with Gasteiger partial charge in [-0.05, 0) is 18.6 Å². The minimum Gasteiger partial charge on any atom is -0.497 e. The maximum atomic E-state index is 11.8. The highest BCUT2D eigenvalue weighted by molar-refractivity contribution is 5.92. The minimum atomic E-state index is -0.232. The molecule has 0 fully saturated rings. The predicted molar refractivity (Wildman–Crippen MR) is 87.5 cm³/mol. The van der Waals surface area contributed by atoms with Crippen molar-refractivity contribution in [1.82, 2.24) is 15.3 Å². The van der Waals surface area contributed by atoms with Crippen LogP contribution in [0, 0.1) is 0 Å². The normalized spacial score (nSPS) is 10.0. The van der Waals surface area contributed by atoms with E-state index < -0.39 is 0 Å². The van der Waals surface area contributed by atoms with E-state index in [1.807, 2.05) is 6.92 Å². The Morgan fingerprint density at radius 3 is 2.61 bits per heavy atom. The summed E-state index contributed by atoms with van der Waals surface area (Å²) >= 11 is 0.